The minimum absolute atomic E-state index is 0.218. The lowest BCUT2D eigenvalue weighted by Gasteiger charge is -2.18. The molecule has 0 heterocycles. The van der Waals surface area contributed by atoms with Gasteiger partial charge in [-0.05, 0) is 48.5 Å². The van der Waals surface area contributed by atoms with Gasteiger partial charge >= 0.3 is 6.03 Å². The summed E-state index contributed by atoms with van der Waals surface area (Å²) in [6, 6.07) is 12.9. The van der Waals surface area contributed by atoms with Crippen LogP contribution in [0.4, 0.5) is 14.9 Å². The van der Waals surface area contributed by atoms with E-state index in [1.807, 2.05) is 24.3 Å². The zero-order chi connectivity index (χ0) is 15.9. The zero-order valence-corrected chi connectivity index (χ0v) is 13.6. The molecule has 0 aliphatic rings. The van der Waals surface area contributed by atoms with Gasteiger partial charge in [0.15, 0.2) is 0 Å². The topological polar surface area (TPSA) is 41.6 Å². The molecular weight excluding hydrogens is 351 g/mol. The molecule has 2 rings (SSSR count). The van der Waals surface area contributed by atoms with Crippen LogP contribution < -0.4 is 10.1 Å². The Bertz CT molecular complexity index is 617. The molecule has 0 aromatic heterocycles. The first kappa shape index (κ1) is 16.3. The predicted molar refractivity (Wildman–Crippen MR) is 87.7 cm³/mol. The smallest absolute Gasteiger partial charge is 0.321 e. The number of nitrogens with one attached hydrogen (secondary N) is 1. The van der Waals surface area contributed by atoms with Crippen molar-refractivity contribution >= 4 is 27.6 Å². The average Bonchev–Trinajstić information content (AvgIpc) is 2.51. The van der Waals surface area contributed by atoms with Gasteiger partial charge in [-0.25, -0.2) is 9.18 Å². The van der Waals surface area contributed by atoms with Crippen LogP contribution in [0.5, 0.6) is 5.75 Å². The lowest BCUT2D eigenvalue weighted by molar-refractivity contribution is 0.207. The average molecular weight is 367 g/mol. The second-order valence-corrected chi connectivity index (χ2v) is 5.58. The molecule has 4 nitrogen and oxygen atoms in total. The molecule has 0 spiro atoms. The Balaban J connectivity index is 1.76. The zero-order valence-electron chi connectivity index (χ0n) is 12.1. The molecule has 6 heteroatoms. The van der Waals surface area contributed by atoms with Crippen molar-refractivity contribution in [3.63, 3.8) is 0 Å². The first-order valence-corrected chi connectivity index (χ1v) is 7.50. The van der Waals surface area contributed by atoms with Crippen molar-refractivity contribution in [1.82, 2.24) is 4.90 Å². The van der Waals surface area contributed by atoms with E-state index >= 15 is 0 Å². The number of rotatable bonds is 5. The van der Waals surface area contributed by atoms with Crippen molar-refractivity contribution in [1.29, 1.82) is 0 Å². The number of urea groups is 1. The van der Waals surface area contributed by atoms with Crippen LogP contribution in [0, 0.1) is 5.82 Å². The summed E-state index contributed by atoms with van der Waals surface area (Å²) in [5.41, 5.74) is 0.722. The number of carbonyl (C=O) groups excluding carboxylic acids is 1. The van der Waals surface area contributed by atoms with Gasteiger partial charge < -0.3 is 15.0 Å². The molecule has 0 atom stereocenters. The number of anilines is 1. The van der Waals surface area contributed by atoms with E-state index < -0.39 is 0 Å². The lowest BCUT2D eigenvalue weighted by Crippen LogP contribution is -2.34. The summed E-state index contributed by atoms with van der Waals surface area (Å²) in [4.78, 5) is 13.5. The van der Waals surface area contributed by atoms with Gasteiger partial charge in [-0.2, -0.15) is 0 Å². The highest BCUT2D eigenvalue weighted by molar-refractivity contribution is 9.10. The summed E-state index contributed by atoms with van der Waals surface area (Å²) in [5.74, 6) is 0.265. The number of likely N-dealkylation sites (N-methyl/N-ethyl adjacent to an activating group) is 1. The molecule has 0 fully saturated rings. The highest BCUT2D eigenvalue weighted by Crippen LogP contribution is 2.14. The van der Waals surface area contributed by atoms with E-state index in [4.69, 9.17) is 4.74 Å². The fourth-order valence-electron chi connectivity index (χ4n) is 1.68. The Kier molecular flexibility index (Phi) is 5.77. The summed E-state index contributed by atoms with van der Waals surface area (Å²) < 4.78 is 19.2. The highest BCUT2D eigenvalue weighted by atomic mass is 79.9. The van der Waals surface area contributed by atoms with Crippen LogP contribution in [0.25, 0.3) is 0 Å². The van der Waals surface area contributed by atoms with E-state index in [-0.39, 0.29) is 11.8 Å². The van der Waals surface area contributed by atoms with Crippen molar-refractivity contribution in [2.24, 2.45) is 0 Å². The molecule has 0 saturated heterocycles. The van der Waals surface area contributed by atoms with Gasteiger partial charge in [0, 0.05) is 17.2 Å². The van der Waals surface area contributed by atoms with Crippen molar-refractivity contribution in [2.75, 3.05) is 25.5 Å². The molecule has 2 aromatic carbocycles. The van der Waals surface area contributed by atoms with Crippen molar-refractivity contribution in [3.8, 4) is 5.75 Å². The van der Waals surface area contributed by atoms with E-state index in [9.17, 15) is 9.18 Å². The molecular formula is C16H16BrFN2O2. The molecule has 2 amide bonds. The molecule has 0 saturated carbocycles. The Labute approximate surface area is 137 Å². The fraction of sp³-hybridized carbons (Fsp3) is 0.188. The Morgan fingerprint density at radius 1 is 1.18 bits per heavy atom. The van der Waals surface area contributed by atoms with Crippen molar-refractivity contribution < 1.29 is 13.9 Å². The van der Waals surface area contributed by atoms with Crippen LogP contribution >= 0.6 is 15.9 Å². The fourth-order valence-corrected chi connectivity index (χ4v) is 1.95. The first-order chi connectivity index (χ1) is 10.5. The number of amides is 2. The van der Waals surface area contributed by atoms with Gasteiger partial charge in [-0.15, -0.1) is 0 Å². The monoisotopic (exact) mass is 366 g/mol. The number of hydrogen-bond donors (Lipinski definition) is 1. The molecule has 0 unspecified atom stereocenters. The summed E-state index contributed by atoms with van der Waals surface area (Å²) >= 11 is 3.34. The Hall–Kier alpha value is -2.08. The van der Waals surface area contributed by atoms with Gasteiger partial charge in [0.2, 0.25) is 0 Å². The summed E-state index contributed by atoms with van der Waals surface area (Å²) in [6.07, 6.45) is 0. The van der Waals surface area contributed by atoms with Crippen LogP contribution in [0.1, 0.15) is 0 Å². The van der Waals surface area contributed by atoms with Crippen LogP contribution in [0.3, 0.4) is 0 Å². The molecule has 116 valence electrons. The molecule has 22 heavy (non-hydrogen) atoms. The SMILES string of the molecule is CN(CCOc1ccc(F)cc1)C(=O)Nc1ccc(Br)cc1. The Morgan fingerprint density at radius 3 is 2.45 bits per heavy atom. The quantitative estimate of drug-likeness (QED) is 0.864. The summed E-state index contributed by atoms with van der Waals surface area (Å²) in [6.45, 7) is 0.746. The van der Waals surface area contributed by atoms with E-state index in [0.717, 1.165) is 10.2 Å². The van der Waals surface area contributed by atoms with Crippen LogP contribution in [0.2, 0.25) is 0 Å². The number of halogens is 2. The summed E-state index contributed by atoms with van der Waals surface area (Å²) in [7, 11) is 1.68. The van der Waals surface area contributed by atoms with Gasteiger partial charge in [-0.3, -0.25) is 0 Å². The van der Waals surface area contributed by atoms with Crippen LogP contribution in [-0.4, -0.2) is 31.1 Å². The van der Waals surface area contributed by atoms with E-state index in [0.29, 0.717) is 18.9 Å². The van der Waals surface area contributed by atoms with Crippen LogP contribution in [-0.2, 0) is 0 Å². The van der Waals surface area contributed by atoms with Crippen molar-refractivity contribution in [2.45, 2.75) is 0 Å². The van der Waals surface area contributed by atoms with Gasteiger partial charge in [-0.1, -0.05) is 15.9 Å². The molecule has 0 aliphatic carbocycles. The first-order valence-electron chi connectivity index (χ1n) is 6.70. The number of benzene rings is 2. The van der Waals surface area contributed by atoms with E-state index in [1.165, 1.54) is 17.0 Å². The summed E-state index contributed by atoms with van der Waals surface area (Å²) in [5, 5.41) is 2.79. The van der Waals surface area contributed by atoms with E-state index in [2.05, 4.69) is 21.2 Å². The largest absolute Gasteiger partial charge is 0.492 e. The minimum Gasteiger partial charge on any atom is -0.492 e. The normalized spacial score (nSPS) is 10.1. The molecule has 2 aromatic rings. The number of hydrogen-bond acceptors (Lipinski definition) is 2. The third-order valence-electron chi connectivity index (χ3n) is 2.95. The highest BCUT2D eigenvalue weighted by Gasteiger charge is 2.08. The standard InChI is InChI=1S/C16H16BrFN2O2/c1-20(10-11-22-15-8-4-13(18)5-9-15)16(21)19-14-6-2-12(17)3-7-14/h2-9H,10-11H2,1H3,(H,19,21). The molecule has 0 aliphatic heterocycles. The predicted octanol–water partition coefficient (Wildman–Crippen LogP) is 4.13. The minimum atomic E-state index is -0.307. The van der Waals surface area contributed by atoms with Gasteiger partial charge in [0.1, 0.15) is 18.2 Å². The molecule has 0 bridgehead atoms. The number of ether oxygens (including phenoxy) is 1. The second kappa shape index (κ2) is 7.79. The van der Waals surface area contributed by atoms with Crippen molar-refractivity contribution in [3.05, 3.63) is 58.8 Å². The number of nitrogens with zero attached hydrogens (tertiary/aromatic N) is 1. The molecule has 0 radical (unpaired) electrons. The van der Waals surface area contributed by atoms with E-state index in [1.54, 1.807) is 19.2 Å². The van der Waals surface area contributed by atoms with Gasteiger partial charge in [0.25, 0.3) is 0 Å². The molecule has 1 N–H and O–H groups in total. The lowest BCUT2D eigenvalue weighted by atomic mass is 10.3. The maximum atomic E-state index is 12.8. The maximum absolute atomic E-state index is 12.8. The van der Waals surface area contributed by atoms with Gasteiger partial charge in [0.05, 0.1) is 6.54 Å². The Morgan fingerprint density at radius 2 is 1.82 bits per heavy atom. The number of carbonyl (C=O) groups is 1. The maximum Gasteiger partial charge on any atom is 0.321 e. The third kappa shape index (κ3) is 5.04. The second-order valence-electron chi connectivity index (χ2n) is 4.66. The van der Waals surface area contributed by atoms with Crippen LogP contribution in [0.15, 0.2) is 53.0 Å². The third-order valence-corrected chi connectivity index (χ3v) is 3.48.